The standard InChI is InChI=1S/C26H33N3O2/c30-25-14-5-7-15-26(28-25)19-29(18-22(26)23-12-6-8-16-27-23)17-20-9-1-4-13-24(20)31-21-10-2-3-11-21/h1,4,6,8-9,12-13,16,21-22H,2-3,5,7,10-11,14-15,17-19H2,(H,28,30)/t22-,26+/m0/s1. The van der Waals surface area contributed by atoms with E-state index in [1.807, 2.05) is 12.3 Å². The summed E-state index contributed by atoms with van der Waals surface area (Å²) in [7, 11) is 0. The summed E-state index contributed by atoms with van der Waals surface area (Å²) in [4.78, 5) is 19.7. The number of amides is 1. The molecule has 5 heteroatoms. The number of benzene rings is 1. The highest BCUT2D eigenvalue weighted by molar-refractivity contribution is 5.77. The number of nitrogens with zero attached hydrogens (tertiary/aromatic N) is 2. The SMILES string of the molecule is O=C1CCCC[C@]2(CN(Cc3ccccc3OC3CCCC3)C[C@H]2c2ccccn2)N1. The van der Waals surface area contributed by atoms with Crippen LogP contribution in [-0.2, 0) is 11.3 Å². The van der Waals surface area contributed by atoms with Gasteiger partial charge in [-0.15, -0.1) is 0 Å². The van der Waals surface area contributed by atoms with Gasteiger partial charge in [0.15, 0.2) is 0 Å². The molecule has 1 aromatic carbocycles. The molecule has 1 spiro atoms. The molecule has 2 aliphatic heterocycles. The van der Waals surface area contributed by atoms with Crippen molar-refractivity contribution in [3.8, 4) is 5.75 Å². The molecule has 2 saturated heterocycles. The number of nitrogens with one attached hydrogen (secondary N) is 1. The van der Waals surface area contributed by atoms with Crippen molar-refractivity contribution in [2.75, 3.05) is 13.1 Å². The van der Waals surface area contributed by atoms with Gasteiger partial charge in [0.05, 0.1) is 11.6 Å². The van der Waals surface area contributed by atoms with Gasteiger partial charge in [-0.05, 0) is 56.7 Å². The third kappa shape index (κ3) is 4.47. The predicted octanol–water partition coefficient (Wildman–Crippen LogP) is 4.43. The molecule has 3 aliphatic rings. The fraction of sp³-hybridized carbons (Fsp3) is 0.538. The molecule has 3 fully saturated rings. The van der Waals surface area contributed by atoms with Gasteiger partial charge < -0.3 is 10.1 Å². The van der Waals surface area contributed by atoms with Gasteiger partial charge in [-0.3, -0.25) is 14.7 Å². The van der Waals surface area contributed by atoms with Crippen molar-refractivity contribution in [1.29, 1.82) is 0 Å². The van der Waals surface area contributed by atoms with Gasteiger partial charge in [-0.1, -0.05) is 30.7 Å². The maximum absolute atomic E-state index is 12.6. The summed E-state index contributed by atoms with van der Waals surface area (Å²) in [5, 5.41) is 3.44. The van der Waals surface area contributed by atoms with Crippen LogP contribution in [0.25, 0.3) is 0 Å². The number of para-hydroxylation sites is 1. The van der Waals surface area contributed by atoms with Gasteiger partial charge in [0.25, 0.3) is 0 Å². The number of carbonyl (C=O) groups is 1. The van der Waals surface area contributed by atoms with E-state index < -0.39 is 0 Å². The largest absolute Gasteiger partial charge is 0.490 e. The number of carbonyl (C=O) groups excluding carboxylic acids is 1. The maximum Gasteiger partial charge on any atom is 0.220 e. The molecule has 5 nitrogen and oxygen atoms in total. The molecule has 1 saturated carbocycles. The number of pyridine rings is 1. The molecule has 164 valence electrons. The lowest BCUT2D eigenvalue weighted by Gasteiger charge is -2.34. The van der Waals surface area contributed by atoms with E-state index in [2.05, 4.69) is 46.6 Å². The van der Waals surface area contributed by atoms with Gasteiger partial charge in [0, 0.05) is 49.4 Å². The molecule has 0 radical (unpaired) electrons. The van der Waals surface area contributed by atoms with Crippen LogP contribution >= 0.6 is 0 Å². The van der Waals surface area contributed by atoms with Crippen LogP contribution in [0.2, 0.25) is 0 Å². The Morgan fingerprint density at radius 3 is 2.74 bits per heavy atom. The van der Waals surface area contributed by atoms with Crippen LogP contribution in [0.1, 0.15) is 68.5 Å². The fourth-order valence-electron chi connectivity index (χ4n) is 5.77. The van der Waals surface area contributed by atoms with E-state index in [9.17, 15) is 4.79 Å². The summed E-state index contributed by atoms with van der Waals surface area (Å²) in [5.74, 6) is 1.42. The van der Waals surface area contributed by atoms with Crippen molar-refractivity contribution in [3.63, 3.8) is 0 Å². The lowest BCUT2D eigenvalue weighted by Crippen LogP contribution is -2.52. The first-order valence-electron chi connectivity index (χ1n) is 11.9. The fourth-order valence-corrected chi connectivity index (χ4v) is 5.77. The molecule has 0 unspecified atom stereocenters. The minimum absolute atomic E-state index is 0.185. The van der Waals surface area contributed by atoms with Crippen LogP contribution in [0, 0.1) is 0 Å². The van der Waals surface area contributed by atoms with Crippen LogP contribution in [0.3, 0.4) is 0 Å². The Hall–Kier alpha value is -2.40. The lowest BCUT2D eigenvalue weighted by atomic mass is 9.81. The summed E-state index contributed by atoms with van der Waals surface area (Å²) >= 11 is 0. The van der Waals surface area contributed by atoms with E-state index in [0.29, 0.717) is 12.5 Å². The third-order valence-electron chi connectivity index (χ3n) is 7.29. The first kappa shape index (κ1) is 20.5. The number of likely N-dealkylation sites (tertiary alicyclic amines) is 1. The first-order valence-corrected chi connectivity index (χ1v) is 11.9. The first-order chi connectivity index (χ1) is 15.2. The Labute approximate surface area is 185 Å². The van der Waals surface area contributed by atoms with E-state index in [1.165, 1.54) is 18.4 Å². The van der Waals surface area contributed by atoms with E-state index in [0.717, 1.165) is 63.2 Å². The van der Waals surface area contributed by atoms with Crippen molar-refractivity contribution in [2.24, 2.45) is 0 Å². The van der Waals surface area contributed by atoms with E-state index in [4.69, 9.17) is 9.72 Å². The van der Waals surface area contributed by atoms with Crippen LogP contribution in [0.4, 0.5) is 0 Å². The Morgan fingerprint density at radius 2 is 1.90 bits per heavy atom. The molecular formula is C26H33N3O2. The molecule has 1 N–H and O–H groups in total. The normalized spacial score (nSPS) is 27.4. The van der Waals surface area contributed by atoms with Crippen LogP contribution in [0.15, 0.2) is 48.7 Å². The van der Waals surface area contributed by atoms with Crippen molar-refractivity contribution >= 4 is 5.91 Å². The molecule has 5 rings (SSSR count). The molecule has 1 amide bonds. The molecule has 1 aromatic heterocycles. The minimum Gasteiger partial charge on any atom is -0.490 e. The Morgan fingerprint density at radius 1 is 1.06 bits per heavy atom. The van der Waals surface area contributed by atoms with Gasteiger partial charge >= 0.3 is 0 Å². The predicted molar refractivity (Wildman–Crippen MR) is 121 cm³/mol. The summed E-state index contributed by atoms with van der Waals surface area (Å²) in [6.07, 6.45) is 10.8. The minimum atomic E-state index is -0.233. The zero-order valence-electron chi connectivity index (χ0n) is 18.3. The molecule has 3 heterocycles. The highest BCUT2D eigenvalue weighted by Gasteiger charge is 2.49. The molecular weight excluding hydrogens is 386 g/mol. The summed E-state index contributed by atoms with van der Waals surface area (Å²) in [6, 6.07) is 14.6. The van der Waals surface area contributed by atoms with Crippen LogP contribution in [-0.4, -0.2) is 40.5 Å². The zero-order chi connectivity index (χ0) is 21.1. The topological polar surface area (TPSA) is 54.5 Å². The van der Waals surface area contributed by atoms with Crippen LogP contribution < -0.4 is 10.1 Å². The number of aromatic nitrogens is 1. The monoisotopic (exact) mass is 419 g/mol. The van der Waals surface area contributed by atoms with Gasteiger partial charge in [-0.2, -0.15) is 0 Å². The van der Waals surface area contributed by atoms with Gasteiger partial charge in [0.2, 0.25) is 5.91 Å². The molecule has 1 aliphatic carbocycles. The highest BCUT2D eigenvalue weighted by atomic mass is 16.5. The second-order valence-corrected chi connectivity index (χ2v) is 9.52. The quantitative estimate of drug-likeness (QED) is 0.779. The summed E-state index contributed by atoms with van der Waals surface area (Å²) in [5.41, 5.74) is 2.09. The average Bonchev–Trinajstić information content (AvgIpc) is 3.36. The Balaban J connectivity index is 1.39. The van der Waals surface area contributed by atoms with E-state index in [-0.39, 0.29) is 17.4 Å². The van der Waals surface area contributed by atoms with Crippen molar-refractivity contribution < 1.29 is 9.53 Å². The Bertz CT molecular complexity index is 897. The lowest BCUT2D eigenvalue weighted by molar-refractivity contribution is -0.122. The number of rotatable bonds is 5. The number of ether oxygens (including phenoxy) is 1. The van der Waals surface area contributed by atoms with Crippen molar-refractivity contribution in [1.82, 2.24) is 15.2 Å². The summed E-state index contributed by atoms with van der Waals surface area (Å²) in [6.45, 7) is 2.59. The van der Waals surface area contributed by atoms with Gasteiger partial charge in [0.1, 0.15) is 5.75 Å². The van der Waals surface area contributed by atoms with Gasteiger partial charge in [-0.25, -0.2) is 0 Å². The molecule has 2 atom stereocenters. The van der Waals surface area contributed by atoms with E-state index >= 15 is 0 Å². The van der Waals surface area contributed by atoms with E-state index in [1.54, 1.807) is 0 Å². The molecule has 31 heavy (non-hydrogen) atoms. The molecule has 0 bridgehead atoms. The van der Waals surface area contributed by atoms with Crippen molar-refractivity contribution in [3.05, 3.63) is 59.9 Å². The average molecular weight is 420 g/mol. The number of hydrogen-bond acceptors (Lipinski definition) is 4. The van der Waals surface area contributed by atoms with Crippen LogP contribution in [0.5, 0.6) is 5.75 Å². The highest BCUT2D eigenvalue weighted by Crippen LogP contribution is 2.41. The zero-order valence-corrected chi connectivity index (χ0v) is 18.3. The van der Waals surface area contributed by atoms with Crippen molar-refractivity contribution in [2.45, 2.75) is 75.5 Å². The Kier molecular flexibility index (Phi) is 5.95. The number of hydrogen-bond donors (Lipinski definition) is 1. The maximum atomic E-state index is 12.6. The third-order valence-corrected chi connectivity index (χ3v) is 7.29. The smallest absolute Gasteiger partial charge is 0.220 e. The second kappa shape index (κ2) is 8.99. The molecule has 2 aromatic rings. The summed E-state index contributed by atoms with van der Waals surface area (Å²) < 4.78 is 6.39. The second-order valence-electron chi connectivity index (χ2n) is 9.52.